The summed E-state index contributed by atoms with van der Waals surface area (Å²) in [5.74, 6) is 0.872. The lowest BCUT2D eigenvalue weighted by molar-refractivity contribution is 1.09. The highest BCUT2D eigenvalue weighted by Gasteiger charge is 2.28. The lowest BCUT2D eigenvalue weighted by Gasteiger charge is -2.13. The quantitative estimate of drug-likeness (QED) is 0.187. The molecule has 1 aliphatic carbocycles. The van der Waals surface area contributed by atoms with E-state index in [0.29, 0.717) is 0 Å². The molecule has 0 saturated heterocycles. The van der Waals surface area contributed by atoms with E-state index in [1.807, 2.05) is 12.1 Å². The zero-order chi connectivity index (χ0) is 33.2. The van der Waals surface area contributed by atoms with Crippen LogP contribution in [0, 0.1) is 0 Å². The second kappa shape index (κ2) is 9.87. The lowest BCUT2D eigenvalue weighted by atomic mass is 9.91. The second-order valence-corrected chi connectivity index (χ2v) is 13.7. The molecule has 3 heteroatoms. The van der Waals surface area contributed by atoms with Crippen molar-refractivity contribution in [3.05, 3.63) is 164 Å². The average molecular weight is 646 g/mol. The molecule has 0 N–H and O–H groups in total. The molecule has 0 radical (unpaired) electrons. The van der Waals surface area contributed by atoms with Crippen LogP contribution in [0.5, 0.6) is 0 Å². The monoisotopic (exact) mass is 645 g/mol. The molecule has 0 atom stereocenters. The Balaban J connectivity index is 1.07. The van der Waals surface area contributed by atoms with Crippen molar-refractivity contribution in [1.82, 2.24) is 14.5 Å². The van der Waals surface area contributed by atoms with Crippen LogP contribution in [0.2, 0.25) is 0 Å². The predicted molar refractivity (Wildman–Crippen MR) is 211 cm³/mol. The molecule has 0 unspecified atom stereocenters. The van der Waals surface area contributed by atoms with Crippen LogP contribution in [0.1, 0.15) is 0 Å². The third-order valence-corrected chi connectivity index (χ3v) is 11.1. The summed E-state index contributed by atoms with van der Waals surface area (Å²) >= 11 is 0. The third-order valence-electron chi connectivity index (χ3n) is 11.1. The number of nitrogens with zero attached hydrogens (tertiary/aromatic N) is 3. The van der Waals surface area contributed by atoms with Crippen molar-refractivity contribution in [3.63, 3.8) is 0 Å². The molecule has 12 rings (SSSR count). The zero-order valence-corrected chi connectivity index (χ0v) is 27.4. The molecule has 0 saturated carbocycles. The smallest absolute Gasteiger partial charge is 0.165 e. The van der Waals surface area contributed by atoms with Crippen LogP contribution in [0.25, 0.3) is 116 Å². The summed E-state index contributed by atoms with van der Waals surface area (Å²) in [6.07, 6.45) is 0. The second-order valence-electron chi connectivity index (χ2n) is 13.7. The van der Waals surface area contributed by atoms with Gasteiger partial charge in [-0.1, -0.05) is 133 Å². The molecule has 3 heterocycles. The van der Waals surface area contributed by atoms with Crippen LogP contribution in [-0.4, -0.2) is 14.5 Å². The fourth-order valence-electron chi connectivity index (χ4n) is 8.84. The highest BCUT2D eigenvalue weighted by molar-refractivity contribution is 6.19. The first kappa shape index (κ1) is 27.0. The van der Waals surface area contributed by atoms with Crippen molar-refractivity contribution < 1.29 is 0 Å². The van der Waals surface area contributed by atoms with Crippen molar-refractivity contribution in [2.75, 3.05) is 0 Å². The maximum atomic E-state index is 5.29. The first-order valence-electron chi connectivity index (χ1n) is 17.5. The van der Waals surface area contributed by atoms with Gasteiger partial charge >= 0.3 is 0 Å². The van der Waals surface area contributed by atoms with E-state index < -0.39 is 0 Å². The van der Waals surface area contributed by atoms with Crippen molar-refractivity contribution in [2.45, 2.75) is 0 Å². The predicted octanol–water partition coefficient (Wildman–Crippen LogP) is 12.5. The van der Waals surface area contributed by atoms with Gasteiger partial charge in [-0.15, -0.1) is 0 Å². The average Bonchev–Trinajstić information content (AvgIpc) is 3.67. The van der Waals surface area contributed by atoms with Crippen LogP contribution in [-0.2, 0) is 0 Å². The summed E-state index contributed by atoms with van der Waals surface area (Å²) < 4.78 is 2.34. The largest absolute Gasteiger partial charge is 0.291 e. The highest BCUT2D eigenvalue weighted by atomic mass is 15.1. The van der Waals surface area contributed by atoms with Crippen LogP contribution in [0.4, 0.5) is 0 Å². The summed E-state index contributed by atoms with van der Waals surface area (Å²) in [7, 11) is 0. The first-order valence-corrected chi connectivity index (χ1v) is 17.5. The fourth-order valence-corrected chi connectivity index (χ4v) is 8.84. The van der Waals surface area contributed by atoms with Gasteiger partial charge in [-0.2, -0.15) is 0 Å². The number of para-hydroxylation sites is 3. The SMILES string of the molecule is c1ccc2c(c1)-c1nc3ccccc3nc1-n1c3ccccc3c3cc(-c4ccc(-c5ccc6c7c(cccc57)-c5ccccc5-6)cc4)cc-2c31. The molecule has 10 aromatic rings. The minimum Gasteiger partial charge on any atom is -0.291 e. The number of fused-ring (bicyclic) bond motifs is 12. The minimum absolute atomic E-state index is 0.872. The van der Waals surface area contributed by atoms with Crippen molar-refractivity contribution >= 4 is 43.6 Å². The van der Waals surface area contributed by atoms with Crippen LogP contribution < -0.4 is 0 Å². The number of rotatable bonds is 2. The van der Waals surface area contributed by atoms with Gasteiger partial charge in [0, 0.05) is 21.9 Å². The topological polar surface area (TPSA) is 30.7 Å². The first-order chi connectivity index (χ1) is 25.3. The van der Waals surface area contributed by atoms with Gasteiger partial charge in [0.25, 0.3) is 0 Å². The molecule has 8 aromatic carbocycles. The van der Waals surface area contributed by atoms with E-state index in [0.717, 1.165) is 33.6 Å². The molecule has 0 fully saturated rings. The number of hydrogen-bond acceptors (Lipinski definition) is 2. The summed E-state index contributed by atoms with van der Waals surface area (Å²) in [6.45, 7) is 0. The molecule has 2 aromatic heterocycles. The highest BCUT2D eigenvalue weighted by Crippen LogP contribution is 2.50. The number of aromatic nitrogens is 3. The Kier molecular flexibility index (Phi) is 5.23. The van der Waals surface area contributed by atoms with Gasteiger partial charge in [-0.05, 0) is 91.2 Å². The summed E-state index contributed by atoms with van der Waals surface area (Å²) in [5.41, 5.74) is 18.6. The van der Waals surface area contributed by atoms with Gasteiger partial charge < -0.3 is 0 Å². The molecule has 0 spiro atoms. The number of hydrogen-bond donors (Lipinski definition) is 0. The van der Waals surface area contributed by atoms with E-state index in [1.54, 1.807) is 0 Å². The maximum Gasteiger partial charge on any atom is 0.165 e. The molecule has 0 amide bonds. The molecule has 0 bridgehead atoms. The molecule has 1 aliphatic heterocycles. The summed E-state index contributed by atoms with van der Waals surface area (Å²) in [5, 5.41) is 5.08. The van der Waals surface area contributed by atoms with Gasteiger partial charge in [-0.3, -0.25) is 4.57 Å². The molecule has 234 valence electrons. The van der Waals surface area contributed by atoms with E-state index >= 15 is 0 Å². The van der Waals surface area contributed by atoms with Crippen molar-refractivity contribution in [2.24, 2.45) is 0 Å². The van der Waals surface area contributed by atoms with E-state index in [2.05, 4.69) is 156 Å². The van der Waals surface area contributed by atoms with Gasteiger partial charge in [0.1, 0.15) is 5.69 Å². The van der Waals surface area contributed by atoms with Gasteiger partial charge in [0.2, 0.25) is 0 Å². The Morgan fingerprint density at radius 3 is 1.75 bits per heavy atom. The van der Waals surface area contributed by atoms with E-state index in [1.165, 1.54) is 82.7 Å². The minimum atomic E-state index is 0.872. The Hall–Kier alpha value is -6.84. The number of benzene rings is 8. The van der Waals surface area contributed by atoms with E-state index in [-0.39, 0.29) is 0 Å². The van der Waals surface area contributed by atoms with Crippen molar-refractivity contribution in [1.29, 1.82) is 0 Å². The molecular formula is C48H27N3. The molecule has 51 heavy (non-hydrogen) atoms. The van der Waals surface area contributed by atoms with Gasteiger partial charge in [-0.25, -0.2) is 9.97 Å². The standard InChI is InChI=1S/C48H27N3/c1-2-11-33-32(10-1)37-16-9-15-36-31(24-25-38(33)45(36)37)29-22-20-28(21-23-29)30-26-40-34-12-3-4-14-39(34)46-48(50-43-18-7-6-17-42(43)49-46)51-44-19-8-5-13-35(44)41(27-30)47(40)51/h1-27H. The Bertz CT molecular complexity index is 3100. The van der Waals surface area contributed by atoms with Crippen molar-refractivity contribution in [3.8, 4) is 72.7 Å². The fraction of sp³-hybridized carbons (Fsp3) is 0. The molecule has 3 nitrogen and oxygen atoms in total. The maximum absolute atomic E-state index is 5.29. The summed E-state index contributed by atoms with van der Waals surface area (Å²) in [6, 6.07) is 59.5. The Morgan fingerprint density at radius 2 is 0.941 bits per heavy atom. The normalized spacial score (nSPS) is 12.3. The van der Waals surface area contributed by atoms with Gasteiger partial charge in [0.05, 0.1) is 22.1 Å². The molecular weight excluding hydrogens is 619 g/mol. The summed E-state index contributed by atoms with van der Waals surface area (Å²) in [4.78, 5) is 10.5. The third kappa shape index (κ3) is 3.62. The Labute approximate surface area is 293 Å². The zero-order valence-electron chi connectivity index (χ0n) is 27.4. The van der Waals surface area contributed by atoms with Crippen LogP contribution in [0.15, 0.2) is 164 Å². The van der Waals surface area contributed by atoms with E-state index in [4.69, 9.17) is 9.97 Å². The van der Waals surface area contributed by atoms with E-state index in [9.17, 15) is 0 Å². The lowest BCUT2D eigenvalue weighted by Crippen LogP contribution is -2.02. The van der Waals surface area contributed by atoms with Crippen LogP contribution in [0.3, 0.4) is 0 Å². The Morgan fingerprint density at radius 1 is 0.353 bits per heavy atom. The van der Waals surface area contributed by atoms with Gasteiger partial charge in [0.15, 0.2) is 5.82 Å². The molecule has 2 aliphatic rings. The van der Waals surface area contributed by atoms with Crippen LogP contribution >= 0.6 is 0 Å².